The molecule has 0 rings (SSSR count). The molecule has 0 radical (unpaired) electrons. The molecule has 2 amide bonds. The fourth-order valence-corrected chi connectivity index (χ4v) is 2.36. The summed E-state index contributed by atoms with van der Waals surface area (Å²) in [5.41, 5.74) is 5.25. The standard InChI is InChI=1S/C17H35N3O2/c1-13(2)15(12-16(18)21)17(22)20(6)11-9-7-8-10-19(5)14(3)4/h13-15H,7-12H2,1-6H3,(H2,18,21)/t15-/m0/s1. The summed E-state index contributed by atoms with van der Waals surface area (Å²) < 4.78 is 0. The van der Waals surface area contributed by atoms with E-state index < -0.39 is 5.91 Å². The van der Waals surface area contributed by atoms with E-state index in [9.17, 15) is 9.59 Å². The predicted molar refractivity (Wildman–Crippen MR) is 91.4 cm³/mol. The SMILES string of the molecule is CC(C)[C@H](CC(N)=O)C(=O)N(C)CCCCCN(C)C(C)C. The highest BCUT2D eigenvalue weighted by atomic mass is 16.2. The van der Waals surface area contributed by atoms with Crippen LogP contribution in [0.2, 0.25) is 0 Å². The summed E-state index contributed by atoms with van der Waals surface area (Å²) in [4.78, 5) is 27.6. The van der Waals surface area contributed by atoms with Crippen LogP contribution in [0.3, 0.4) is 0 Å². The molecule has 0 saturated heterocycles. The van der Waals surface area contributed by atoms with Gasteiger partial charge in [-0.1, -0.05) is 20.3 Å². The molecule has 0 aromatic carbocycles. The van der Waals surface area contributed by atoms with E-state index in [0.29, 0.717) is 6.04 Å². The average Bonchev–Trinajstić information content (AvgIpc) is 2.42. The molecule has 0 aromatic rings. The van der Waals surface area contributed by atoms with Crippen molar-refractivity contribution in [2.24, 2.45) is 17.6 Å². The number of carbonyl (C=O) groups is 2. The summed E-state index contributed by atoms with van der Waals surface area (Å²) in [5, 5.41) is 0. The second-order valence-electron chi connectivity index (χ2n) is 6.92. The molecule has 5 nitrogen and oxygen atoms in total. The normalized spacial score (nSPS) is 13.0. The van der Waals surface area contributed by atoms with Gasteiger partial charge >= 0.3 is 0 Å². The molecule has 22 heavy (non-hydrogen) atoms. The number of rotatable bonds is 11. The molecule has 0 aliphatic heterocycles. The summed E-state index contributed by atoms with van der Waals surface area (Å²) in [7, 11) is 3.95. The van der Waals surface area contributed by atoms with Crippen molar-refractivity contribution in [2.75, 3.05) is 27.2 Å². The molecule has 5 heteroatoms. The van der Waals surface area contributed by atoms with Gasteiger partial charge in [-0.3, -0.25) is 9.59 Å². The van der Waals surface area contributed by atoms with Gasteiger partial charge < -0.3 is 15.5 Å². The number of carbonyl (C=O) groups excluding carboxylic acids is 2. The summed E-state index contributed by atoms with van der Waals surface area (Å²) in [6.45, 7) is 10.1. The molecule has 0 aromatic heterocycles. The summed E-state index contributed by atoms with van der Waals surface area (Å²) in [6, 6.07) is 0.574. The van der Waals surface area contributed by atoms with Crippen LogP contribution in [0.15, 0.2) is 0 Å². The Morgan fingerprint density at radius 2 is 1.50 bits per heavy atom. The highest BCUT2D eigenvalue weighted by molar-refractivity contribution is 5.85. The van der Waals surface area contributed by atoms with Crippen molar-refractivity contribution in [3.05, 3.63) is 0 Å². The molecular weight excluding hydrogens is 278 g/mol. The Morgan fingerprint density at radius 1 is 0.955 bits per heavy atom. The van der Waals surface area contributed by atoms with E-state index in [0.717, 1.165) is 32.4 Å². The molecule has 130 valence electrons. The Morgan fingerprint density at radius 3 is 1.95 bits per heavy atom. The third kappa shape index (κ3) is 8.37. The molecule has 0 saturated carbocycles. The van der Waals surface area contributed by atoms with Crippen LogP contribution in [0, 0.1) is 11.8 Å². The zero-order chi connectivity index (χ0) is 17.3. The minimum atomic E-state index is -0.405. The molecule has 0 fully saturated rings. The third-order valence-electron chi connectivity index (χ3n) is 4.31. The first-order valence-corrected chi connectivity index (χ1v) is 8.40. The minimum absolute atomic E-state index is 0.0353. The van der Waals surface area contributed by atoms with E-state index in [1.165, 1.54) is 0 Å². The number of primary amides is 1. The lowest BCUT2D eigenvalue weighted by Crippen LogP contribution is -2.38. The van der Waals surface area contributed by atoms with Gasteiger partial charge in [0, 0.05) is 32.0 Å². The highest BCUT2D eigenvalue weighted by Crippen LogP contribution is 2.18. The van der Waals surface area contributed by atoms with Crippen LogP contribution >= 0.6 is 0 Å². The van der Waals surface area contributed by atoms with Crippen LogP contribution in [0.1, 0.15) is 53.4 Å². The topological polar surface area (TPSA) is 66.6 Å². The van der Waals surface area contributed by atoms with Crippen LogP contribution in [-0.2, 0) is 9.59 Å². The van der Waals surface area contributed by atoms with Crippen molar-refractivity contribution in [3.8, 4) is 0 Å². The molecule has 1 atom stereocenters. The van der Waals surface area contributed by atoms with Gasteiger partial charge in [-0.25, -0.2) is 0 Å². The first-order valence-electron chi connectivity index (χ1n) is 8.40. The first-order chi connectivity index (χ1) is 10.2. The lowest BCUT2D eigenvalue weighted by molar-refractivity contribution is -0.138. The number of nitrogens with two attached hydrogens (primary N) is 1. The van der Waals surface area contributed by atoms with Crippen molar-refractivity contribution in [3.63, 3.8) is 0 Å². The van der Waals surface area contributed by atoms with Crippen LogP contribution in [-0.4, -0.2) is 54.8 Å². The van der Waals surface area contributed by atoms with Gasteiger partial charge in [-0.05, 0) is 46.2 Å². The van der Waals surface area contributed by atoms with E-state index in [-0.39, 0.29) is 24.2 Å². The van der Waals surface area contributed by atoms with E-state index >= 15 is 0 Å². The van der Waals surface area contributed by atoms with Crippen molar-refractivity contribution in [1.82, 2.24) is 9.80 Å². The number of unbranched alkanes of at least 4 members (excludes halogenated alkanes) is 2. The van der Waals surface area contributed by atoms with Gasteiger partial charge in [0.2, 0.25) is 11.8 Å². The lowest BCUT2D eigenvalue weighted by atomic mass is 9.91. The monoisotopic (exact) mass is 313 g/mol. The van der Waals surface area contributed by atoms with Gasteiger partial charge in [0.1, 0.15) is 0 Å². The lowest BCUT2D eigenvalue weighted by Gasteiger charge is -2.26. The van der Waals surface area contributed by atoms with E-state index in [1.54, 1.807) is 4.90 Å². The fourth-order valence-electron chi connectivity index (χ4n) is 2.36. The Balaban J connectivity index is 4.11. The Bertz CT molecular complexity index is 343. The Kier molecular flexibility index (Phi) is 10.1. The van der Waals surface area contributed by atoms with Crippen molar-refractivity contribution in [1.29, 1.82) is 0 Å². The second kappa shape index (κ2) is 10.6. The maximum absolute atomic E-state index is 12.4. The number of amides is 2. The molecule has 0 aliphatic rings. The molecule has 0 bridgehead atoms. The van der Waals surface area contributed by atoms with Crippen molar-refractivity contribution in [2.45, 2.75) is 59.4 Å². The average molecular weight is 313 g/mol. The van der Waals surface area contributed by atoms with Crippen LogP contribution in [0.25, 0.3) is 0 Å². The summed E-state index contributed by atoms with van der Waals surface area (Å²) in [5.74, 6) is -0.540. The molecule has 2 N–H and O–H groups in total. The predicted octanol–water partition coefficient (Wildman–Crippen LogP) is 2.10. The third-order valence-corrected chi connectivity index (χ3v) is 4.31. The zero-order valence-electron chi connectivity index (χ0n) is 15.3. The Hall–Kier alpha value is -1.10. The largest absolute Gasteiger partial charge is 0.370 e. The van der Waals surface area contributed by atoms with Crippen LogP contribution in [0.5, 0.6) is 0 Å². The smallest absolute Gasteiger partial charge is 0.226 e. The van der Waals surface area contributed by atoms with E-state index in [2.05, 4.69) is 25.8 Å². The number of hydrogen-bond acceptors (Lipinski definition) is 3. The van der Waals surface area contributed by atoms with Crippen LogP contribution < -0.4 is 5.73 Å². The highest BCUT2D eigenvalue weighted by Gasteiger charge is 2.26. The zero-order valence-corrected chi connectivity index (χ0v) is 15.3. The molecular formula is C17H35N3O2. The molecule has 0 spiro atoms. The summed E-state index contributed by atoms with van der Waals surface area (Å²) >= 11 is 0. The van der Waals surface area contributed by atoms with E-state index in [4.69, 9.17) is 5.73 Å². The first kappa shape index (κ1) is 20.9. The van der Waals surface area contributed by atoms with Gasteiger partial charge in [0.15, 0.2) is 0 Å². The van der Waals surface area contributed by atoms with Crippen molar-refractivity contribution < 1.29 is 9.59 Å². The van der Waals surface area contributed by atoms with E-state index in [1.807, 2.05) is 20.9 Å². The molecule has 0 aliphatic carbocycles. The van der Waals surface area contributed by atoms with Gasteiger partial charge in [-0.2, -0.15) is 0 Å². The number of hydrogen-bond donors (Lipinski definition) is 1. The maximum Gasteiger partial charge on any atom is 0.226 e. The van der Waals surface area contributed by atoms with Gasteiger partial charge in [0.25, 0.3) is 0 Å². The van der Waals surface area contributed by atoms with Gasteiger partial charge in [0.05, 0.1) is 0 Å². The molecule has 0 unspecified atom stereocenters. The van der Waals surface area contributed by atoms with Crippen LogP contribution in [0.4, 0.5) is 0 Å². The fraction of sp³-hybridized carbons (Fsp3) is 0.882. The number of nitrogens with zero attached hydrogens (tertiary/aromatic N) is 2. The van der Waals surface area contributed by atoms with Crippen molar-refractivity contribution >= 4 is 11.8 Å². The van der Waals surface area contributed by atoms with Gasteiger partial charge in [-0.15, -0.1) is 0 Å². The molecule has 0 heterocycles. The maximum atomic E-state index is 12.4. The minimum Gasteiger partial charge on any atom is -0.370 e. The second-order valence-corrected chi connectivity index (χ2v) is 6.92. The quantitative estimate of drug-likeness (QED) is 0.594. The summed E-state index contributed by atoms with van der Waals surface area (Å²) in [6.07, 6.45) is 3.39. The Labute approximate surface area is 136 Å².